The van der Waals surface area contributed by atoms with Crippen LogP contribution >= 0.6 is 0 Å². The summed E-state index contributed by atoms with van der Waals surface area (Å²) in [7, 11) is 6.26. The van der Waals surface area contributed by atoms with Gasteiger partial charge in [-0.1, -0.05) is 6.92 Å². The van der Waals surface area contributed by atoms with Gasteiger partial charge in [0, 0.05) is 5.92 Å². The zero-order chi connectivity index (χ0) is 9.78. The first-order chi connectivity index (χ1) is 5.35. The topological polar surface area (TPSA) is 37.3 Å². The van der Waals surface area contributed by atoms with E-state index in [0.29, 0.717) is 12.3 Å². The minimum atomic E-state index is -0.685. The highest BCUT2D eigenvalue weighted by molar-refractivity contribution is 5.66. The van der Waals surface area contributed by atoms with E-state index in [1.54, 1.807) is 0 Å². The summed E-state index contributed by atoms with van der Waals surface area (Å²) in [4.78, 5) is 10.4. The van der Waals surface area contributed by atoms with Gasteiger partial charge in [0.05, 0.1) is 34.1 Å². The molecule has 0 bridgehead atoms. The van der Waals surface area contributed by atoms with E-state index in [2.05, 4.69) is 21.1 Å². The molecule has 0 rings (SSSR count). The number of hydrogen-bond donors (Lipinski definition) is 1. The van der Waals surface area contributed by atoms with Gasteiger partial charge in [0.2, 0.25) is 0 Å². The molecule has 0 unspecified atom stereocenters. The van der Waals surface area contributed by atoms with Crippen LogP contribution in [0.2, 0.25) is 0 Å². The van der Waals surface area contributed by atoms with Gasteiger partial charge >= 0.3 is 5.97 Å². The highest BCUT2D eigenvalue weighted by atomic mass is 16.4. The number of nitrogens with zero attached hydrogens (tertiary/aromatic N) is 1. The zero-order valence-corrected chi connectivity index (χ0v) is 8.50. The van der Waals surface area contributed by atoms with Crippen molar-refractivity contribution in [2.45, 2.75) is 19.8 Å². The van der Waals surface area contributed by atoms with Crippen LogP contribution in [0.5, 0.6) is 0 Å². The smallest absolute Gasteiger partial charge is 0.303 e. The molecule has 0 saturated carbocycles. The minimum Gasteiger partial charge on any atom is -0.481 e. The molecule has 0 saturated heterocycles. The van der Waals surface area contributed by atoms with E-state index in [0.717, 1.165) is 17.4 Å². The SMILES string of the molecule is CC[C@H](CC(=O)O)C[N+](C)(C)C. The number of carboxylic acids is 1. The van der Waals surface area contributed by atoms with Crippen LogP contribution in [0, 0.1) is 5.92 Å². The number of quaternary nitrogens is 1. The van der Waals surface area contributed by atoms with Gasteiger partial charge in [-0.05, 0) is 6.42 Å². The number of aliphatic carboxylic acids is 1. The van der Waals surface area contributed by atoms with Crippen molar-refractivity contribution in [1.82, 2.24) is 0 Å². The third kappa shape index (κ3) is 6.16. The molecule has 1 atom stereocenters. The molecule has 0 radical (unpaired) electrons. The van der Waals surface area contributed by atoms with Crippen molar-refractivity contribution in [3.63, 3.8) is 0 Å². The first-order valence-electron chi connectivity index (χ1n) is 4.37. The fourth-order valence-corrected chi connectivity index (χ4v) is 1.36. The molecule has 0 fully saturated rings. The van der Waals surface area contributed by atoms with Crippen LogP contribution in [-0.4, -0.2) is 43.2 Å². The summed E-state index contributed by atoms with van der Waals surface area (Å²) in [6.45, 7) is 2.98. The van der Waals surface area contributed by atoms with Gasteiger partial charge in [0.25, 0.3) is 0 Å². The Labute approximate surface area is 74.6 Å². The molecule has 0 heterocycles. The van der Waals surface area contributed by atoms with Crippen LogP contribution in [-0.2, 0) is 4.79 Å². The molecule has 0 spiro atoms. The maximum atomic E-state index is 10.4. The van der Waals surface area contributed by atoms with Crippen LogP contribution in [0.3, 0.4) is 0 Å². The number of hydrogen-bond acceptors (Lipinski definition) is 1. The summed E-state index contributed by atoms with van der Waals surface area (Å²) in [6.07, 6.45) is 1.24. The van der Waals surface area contributed by atoms with Crippen molar-refractivity contribution < 1.29 is 14.4 Å². The Morgan fingerprint density at radius 1 is 1.42 bits per heavy atom. The summed E-state index contributed by atoms with van der Waals surface area (Å²) < 4.78 is 0.839. The average Bonchev–Trinajstić information content (AvgIpc) is 1.82. The van der Waals surface area contributed by atoms with Gasteiger partial charge in [-0.2, -0.15) is 0 Å². The molecule has 0 aliphatic rings. The molecule has 0 aromatic heterocycles. The lowest BCUT2D eigenvalue weighted by Gasteiger charge is -2.28. The zero-order valence-electron chi connectivity index (χ0n) is 8.50. The molecule has 72 valence electrons. The standard InChI is InChI=1S/C9H19NO2/c1-5-8(6-9(11)12)7-10(2,3)4/h8H,5-7H2,1-4H3/p+1/t8-/m1/s1. The second kappa shape index (κ2) is 4.45. The number of rotatable bonds is 5. The summed E-state index contributed by atoms with van der Waals surface area (Å²) in [5.41, 5.74) is 0. The third-order valence-electron chi connectivity index (χ3n) is 1.85. The summed E-state index contributed by atoms with van der Waals surface area (Å²) in [6, 6.07) is 0. The van der Waals surface area contributed by atoms with Crippen LogP contribution in [0.15, 0.2) is 0 Å². The fraction of sp³-hybridized carbons (Fsp3) is 0.889. The van der Waals surface area contributed by atoms with E-state index >= 15 is 0 Å². The summed E-state index contributed by atoms with van der Waals surface area (Å²) in [5, 5.41) is 8.60. The maximum absolute atomic E-state index is 10.4. The Balaban J connectivity index is 3.92. The van der Waals surface area contributed by atoms with Crippen molar-refractivity contribution >= 4 is 5.97 Å². The average molecular weight is 174 g/mol. The molecule has 3 heteroatoms. The second-order valence-electron chi connectivity index (χ2n) is 4.35. The quantitative estimate of drug-likeness (QED) is 0.636. The first-order valence-corrected chi connectivity index (χ1v) is 4.37. The predicted molar refractivity (Wildman–Crippen MR) is 48.9 cm³/mol. The molecular formula is C9H20NO2+. The summed E-state index contributed by atoms with van der Waals surface area (Å²) >= 11 is 0. The lowest BCUT2D eigenvalue weighted by molar-refractivity contribution is -0.873. The highest BCUT2D eigenvalue weighted by Crippen LogP contribution is 2.11. The van der Waals surface area contributed by atoms with E-state index in [1.807, 2.05) is 6.92 Å². The van der Waals surface area contributed by atoms with Crippen LogP contribution < -0.4 is 0 Å². The first kappa shape index (κ1) is 11.4. The molecule has 0 aliphatic heterocycles. The van der Waals surface area contributed by atoms with Gasteiger partial charge in [-0.3, -0.25) is 4.79 Å². The molecule has 0 aliphatic carbocycles. The molecule has 1 N–H and O–H groups in total. The normalized spacial score (nSPS) is 14.3. The van der Waals surface area contributed by atoms with E-state index in [9.17, 15) is 4.79 Å². The Hall–Kier alpha value is -0.570. The minimum absolute atomic E-state index is 0.298. The van der Waals surface area contributed by atoms with Gasteiger partial charge < -0.3 is 9.59 Å². The van der Waals surface area contributed by atoms with Gasteiger partial charge in [0.15, 0.2) is 0 Å². The Morgan fingerprint density at radius 3 is 2.17 bits per heavy atom. The Morgan fingerprint density at radius 2 is 1.92 bits per heavy atom. The number of carbonyl (C=O) groups is 1. The van der Waals surface area contributed by atoms with Crippen LogP contribution in [0.1, 0.15) is 19.8 Å². The fourth-order valence-electron chi connectivity index (χ4n) is 1.36. The second-order valence-corrected chi connectivity index (χ2v) is 4.35. The van der Waals surface area contributed by atoms with Gasteiger partial charge in [-0.15, -0.1) is 0 Å². The van der Waals surface area contributed by atoms with Gasteiger partial charge in [-0.25, -0.2) is 0 Å². The van der Waals surface area contributed by atoms with Crippen molar-refractivity contribution in [2.75, 3.05) is 27.7 Å². The van der Waals surface area contributed by atoms with Crippen molar-refractivity contribution in [1.29, 1.82) is 0 Å². The van der Waals surface area contributed by atoms with E-state index in [-0.39, 0.29) is 0 Å². The van der Waals surface area contributed by atoms with E-state index in [1.165, 1.54) is 0 Å². The molecule has 0 aromatic carbocycles. The van der Waals surface area contributed by atoms with Crippen molar-refractivity contribution in [2.24, 2.45) is 5.92 Å². The number of carboxylic acid groups (broad SMARTS) is 1. The molecule has 0 aromatic rings. The highest BCUT2D eigenvalue weighted by Gasteiger charge is 2.18. The van der Waals surface area contributed by atoms with E-state index < -0.39 is 5.97 Å². The maximum Gasteiger partial charge on any atom is 0.303 e. The van der Waals surface area contributed by atoms with Crippen molar-refractivity contribution in [3.8, 4) is 0 Å². The third-order valence-corrected chi connectivity index (χ3v) is 1.85. The summed E-state index contributed by atoms with van der Waals surface area (Å²) in [5.74, 6) is -0.377. The van der Waals surface area contributed by atoms with Gasteiger partial charge in [0.1, 0.15) is 0 Å². The van der Waals surface area contributed by atoms with Crippen LogP contribution in [0.4, 0.5) is 0 Å². The molecule has 12 heavy (non-hydrogen) atoms. The Kier molecular flexibility index (Phi) is 4.24. The monoisotopic (exact) mass is 174 g/mol. The lowest BCUT2D eigenvalue weighted by Crippen LogP contribution is -2.39. The van der Waals surface area contributed by atoms with E-state index in [4.69, 9.17) is 5.11 Å². The van der Waals surface area contributed by atoms with Crippen molar-refractivity contribution in [3.05, 3.63) is 0 Å². The molecule has 3 nitrogen and oxygen atoms in total. The predicted octanol–water partition coefficient (Wildman–Crippen LogP) is 1.19. The molecule has 0 amide bonds. The Bertz CT molecular complexity index is 149. The largest absolute Gasteiger partial charge is 0.481 e. The molecular weight excluding hydrogens is 154 g/mol. The van der Waals surface area contributed by atoms with Crippen LogP contribution in [0.25, 0.3) is 0 Å². The lowest BCUT2D eigenvalue weighted by atomic mass is 10.0.